The Hall–Kier alpha value is -1.72. The van der Waals surface area contributed by atoms with Crippen molar-refractivity contribution in [2.24, 2.45) is 0 Å². The molecule has 2 N–H and O–H groups in total. The zero-order chi connectivity index (χ0) is 12.9. The fourth-order valence-corrected chi connectivity index (χ4v) is 1.16. The van der Waals surface area contributed by atoms with Gasteiger partial charge in [-0.1, -0.05) is 12.1 Å². The van der Waals surface area contributed by atoms with E-state index >= 15 is 0 Å². The van der Waals surface area contributed by atoms with E-state index < -0.39 is 24.9 Å². The average Bonchev–Trinajstić information content (AvgIpc) is 2.25. The molecule has 0 unspecified atom stereocenters. The quantitative estimate of drug-likeness (QED) is 0.858. The van der Waals surface area contributed by atoms with Crippen LogP contribution in [-0.2, 0) is 11.3 Å². The van der Waals surface area contributed by atoms with Gasteiger partial charge in [0.25, 0.3) is 0 Å². The van der Waals surface area contributed by atoms with E-state index in [9.17, 15) is 18.0 Å². The van der Waals surface area contributed by atoms with Crippen LogP contribution in [0.1, 0.15) is 18.4 Å². The Morgan fingerprint density at radius 2 is 1.82 bits per heavy atom. The van der Waals surface area contributed by atoms with Gasteiger partial charge in [-0.25, -0.2) is 0 Å². The summed E-state index contributed by atoms with van der Waals surface area (Å²) >= 11 is 0. The number of carbonyl (C=O) groups excluding carboxylic acids is 1. The molecule has 94 valence electrons. The van der Waals surface area contributed by atoms with Crippen LogP contribution >= 0.6 is 0 Å². The highest BCUT2D eigenvalue weighted by Gasteiger charge is 2.27. The smallest absolute Gasteiger partial charge is 0.389 e. The van der Waals surface area contributed by atoms with Crippen LogP contribution < -0.4 is 5.32 Å². The standard InChI is InChI=1S/C11H12F3NO2/c12-11(13,14)6-5-10(17)15-7-8-1-3-9(16)4-2-8/h1-4,16H,5-7H2,(H,15,17). The number of aromatic hydroxyl groups is 1. The van der Waals surface area contributed by atoms with Gasteiger partial charge in [0, 0.05) is 13.0 Å². The topological polar surface area (TPSA) is 49.3 Å². The second kappa shape index (κ2) is 5.56. The highest BCUT2D eigenvalue weighted by molar-refractivity contribution is 5.75. The van der Waals surface area contributed by atoms with E-state index in [1.54, 1.807) is 12.1 Å². The fraction of sp³-hybridized carbons (Fsp3) is 0.364. The molecule has 0 radical (unpaired) electrons. The van der Waals surface area contributed by atoms with Gasteiger partial charge >= 0.3 is 6.18 Å². The second-order valence-electron chi connectivity index (χ2n) is 3.56. The molecule has 6 heteroatoms. The third kappa shape index (κ3) is 5.79. The lowest BCUT2D eigenvalue weighted by molar-refractivity contribution is -0.144. The summed E-state index contributed by atoms with van der Waals surface area (Å²) in [7, 11) is 0. The van der Waals surface area contributed by atoms with E-state index in [4.69, 9.17) is 5.11 Å². The Bertz CT molecular complexity index is 373. The first-order valence-corrected chi connectivity index (χ1v) is 4.98. The number of hydrogen-bond donors (Lipinski definition) is 2. The van der Waals surface area contributed by atoms with E-state index in [-0.39, 0.29) is 12.3 Å². The Morgan fingerprint density at radius 1 is 1.24 bits per heavy atom. The number of rotatable bonds is 4. The third-order valence-electron chi connectivity index (χ3n) is 2.06. The first kappa shape index (κ1) is 13.3. The summed E-state index contributed by atoms with van der Waals surface area (Å²) in [6.07, 6.45) is -5.99. The van der Waals surface area contributed by atoms with Crippen molar-refractivity contribution >= 4 is 5.91 Å². The molecule has 1 aromatic carbocycles. The van der Waals surface area contributed by atoms with Crippen molar-refractivity contribution in [3.8, 4) is 5.75 Å². The largest absolute Gasteiger partial charge is 0.508 e. The number of halogens is 3. The van der Waals surface area contributed by atoms with E-state index in [2.05, 4.69) is 5.32 Å². The van der Waals surface area contributed by atoms with Crippen LogP contribution in [0.2, 0.25) is 0 Å². The molecule has 1 amide bonds. The Balaban J connectivity index is 2.31. The SMILES string of the molecule is O=C(CCC(F)(F)F)NCc1ccc(O)cc1. The van der Waals surface area contributed by atoms with Crippen molar-refractivity contribution in [1.29, 1.82) is 0 Å². The Labute approximate surface area is 96.3 Å². The van der Waals surface area contributed by atoms with E-state index in [0.29, 0.717) is 5.56 Å². The monoisotopic (exact) mass is 247 g/mol. The van der Waals surface area contributed by atoms with E-state index in [0.717, 1.165) is 0 Å². The van der Waals surface area contributed by atoms with Gasteiger partial charge in [-0.15, -0.1) is 0 Å². The summed E-state index contributed by atoms with van der Waals surface area (Å²) in [5, 5.41) is 11.4. The number of nitrogens with one attached hydrogen (secondary N) is 1. The van der Waals surface area contributed by atoms with Crippen LogP contribution in [0.25, 0.3) is 0 Å². The minimum atomic E-state index is -4.31. The summed E-state index contributed by atoms with van der Waals surface area (Å²) < 4.78 is 35.4. The molecule has 0 saturated heterocycles. The number of alkyl halides is 3. The molecule has 0 fully saturated rings. The molecule has 1 rings (SSSR count). The molecule has 0 heterocycles. The maximum atomic E-state index is 11.8. The van der Waals surface area contributed by atoms with Crippen molar-refractivity contribution in [3.63, 3.8) is 0 Å². The van der Waals surface area contributed by atoms with Crippen molar-refractivity contribution in [2.75, 3.05) is 0 Å². The predicted molar refractivity (Wildman–Crippen MR) is 55.2 cm³/mol. The van der Waals surface area contributed by atoms with Crippen molar-refractivity contribution in [1.82, 2.24) is 5.32 Å². The molecule has 0 atom stereocenters. The van der Waals surface area contributed by atoms with Crippen molar-refractivity contribution < 1.29 is 23.1 Å². The highest BCUT2D eigenvalue weighted by atomic mass is 19.4. The third-order valence-corrected chi connectivity index (χ3v) is 2.06. The summed E-state index contributed by atoms with van der Waals surface area (Å²) in [6, 6.07) is 6.05. The van der Waals surface area contributed by atoms with Crippen molar-refractivity contribution in [2.45, 2.75) is 25.6 Å². The number of benzene rings is 1. The normalized spacial score (nSPS) is 11.2. The fourth-order valence-electron chi connectivity index (χ4n) is 1.16. The van der Waals surface area contributed by atoms with Gasteiger partial charge in [0.1, 0.15) is 5.75 Å². The molecular formula is C11H12F3NO2. The molecule has 0 aliphatic carbocycles. The van der Waals surface area contributed by atoms with Gasteiger partial charge in [0.2, 0.25) is 5.91 Å². The lowest BCUT2D eigenvalue weighted by atomic mass is 10.2. The second-order valence-corrected chi connectivity index (χ2v) is 3.56. The molecule has 0 aliphatic rings. The van der Waals surface area contributed by atoms with Crippen LogP contribution in [0.15, 0.2) is 24.3 Å². The minimum Gasteiger partial charge on any atom is -0.508 e. The average molecular weight is 247 g/mol. The van der Waals surface area contributed by atoms with Crippen LogP contribution in [0, 0.1) is 0 Å². The number of carbonyl (C=O) groups is 1. The van der Waals surface area contributed by atoms with Gasteiger partial charge in [0.15, 0.2) is 0 Å². The highest BCUT2D eigenvalue weighted by Crippen LogP contribution is 2.21. The molecule has 0 saturated carbocycles. The molecule has 17 heavy (non-hydrogen) atoms. The summed E-state index contributed by atoms with van der Waals surface area (Å²) in [5.74, 6) is -0.549. The predicted octanol–water partition coefficient (Wildman–Crippen LogP) is 2.35. The lowest BCUT2D eigenvalue weighted by Gasteiger charge is -2.07. The molecule has 0 aliphatic heterocycles. The molecule has 0 bridgehead atoms. The van der Waals surface area contributed by atoms with E-state index in [1.165, 1.54) is 12.1 Å². The summed E-state index contributed by atoms with van der Waals surface area (Å²) in [6.45, 7) is 0.150. The molecule has 3 nitrogen and oxygen atoms in total. The van der Waals surface area contributed by atoms with Crippen LogP contribution in [-0.4, -0.2) is 17.2 Å². The lowest BCUT2D eigenvalue weighted by Crippen LogP contribution is -2.24. The van der Waals surface area contributed by atoms with Gasteiger partial charge in [-0.3, -0.25) is 4.79 Å². The summed E-state index contributed by atoms with van der Waals surface area (Å²) in [5.41, 5.74) is 0.711. The van der Waals surface area contributed by atoms with E-state index in [1.807, 2.05) is 0 Å². The zero-order valence-electron chi connectivity index (χ0n) is 8.92. The molecule has 0 spiro atoms. The van der Waals surface area contributed by atoms with Gasteiger partial charge in [0.05, 0.1) is 6.42 Å². The van der Waals surface area contributed by atoms with Gasteiger partial charge in [-0.05, 0) is 17.7 Å². The Kier molecular flexibility index (Phi) is 4.37. The molecular weight excluding hydrogens is 235 g/mol. The molecule has 1 aromatic rings. The first-order chi connectivity index (χ1) is 7.87. The zero-order valence-corrected chi connectivity index (χ0v) is 8.92. The number of amides is 1. The van der Waals surface area contributed by atoms with Crippen LogP contribution in [0.4, 0.5) is 13.2 Å². The van der Waals surface area contributed by atoms with Crippen molar-refractivity contribution in [3.05, 3.63) is 29.8 Å². The maximum Gasteiger partial charge on any atom is 0.389 e. The van der Waals surface area contributed by atoms with Gasteiger partial charge < -0.3 is 10.4 Å². The summed E-state index contributed by atoms with van der Waals surface area (Å²) in [4.78, 5) is 11.1. The van der Waals surface area contributed by atoms with Crippen LogP contribution in [0.5, 0.6) is 5.75 Å². The molecule has 0 aromatic heterocycles. The first-order valence-electron chi connectivity index (χ1n) is 4.98. The minimum absolute atomic E-state index is 0.0946. The Morgan fingerprint density at radius 3 is 2.35 bits per heavy atom. The van der Waals surface area contributed by atoms with Crippen LogP contribution in [0.3, 0.4) is 0 Å². The number of hydrogen-bond acceptors (Lipinski definition) is 2. The number of phenolic OH excluding ortho intramolecular Hbond substituents is 1. The maximum absolute atomic E-state index is 11.8. The number of phenols is 1. The van der Waals surface area contributed by atoms with Gasteiger partial charge in [-0.2, -0.15) is 13.2 Å².